The van der Waals surface area contributed by atoms with Gasteiger partial charge in [0.25, 0.3) is 0 Å². The Morgan fingerprint density at radius 3 is 2.22 bits per heavy atom. The molecule has 138 valence electrons. The fourth-order valence-corrected chi connectivity index (χ4v) is 2.35. The van der Waals surface area contributed by atoms with Gasteiger partial charge < -0.3 is 49.3 Å². The van der Waals surface area contributed by atoms with Gasteiger partial charge in [-0.25, -0.2) is 0 Å². The second-order valence-corrected chi connectivity index (χ2v) is 5.37. The fourth-order valence-electron chi connectivity index (χ4n) is 2.35. The fraction of sp³-hybridized carbons (Fsp3) is 0.467. The molecular formula is C15H16Na2O10. The molecule has 10 nitrogen and oxygen atoms in total. The first-order valence-corrected chi connectivity index (χ1v) is 7.18. The topological polar surface area (TPSA) is 169 Å². The number of carbonyl (C=O) groups excluding carboxylic acids is 2. The Kier molecular flexibility index (Phi) is 11.4. The van der Waals surface area contributed by atoms with Crippen molar-refractivity contribution < 1.29 is 108 Å². The normalized spacial score (nSPS) is 26.9. The van der Waals surface area contributed by atoms with E-state index < -0.39 is 42.6 Å². The molecule has 1 aliphatic heterocycles. The second-order valence-electron chi connectivity index (χ2n) is 5.37. The summed E-state index contributed by atoms with van der Waals surface area (Å²) in [6.45, 7) is 0. The largest absolute Gasteiger partial charge is 1.00 e. The van der Waals surface area contributed by atoms with E-state index in [-0.39, 0.29) is 77.0 Å². The number of aliphatic hydroxyl groups excluding tert-OH is 3. The van der Waals surface area contributed by atoms with Crippen LogP contribution in [0.5, 0.6) is 11.5 Å². The maximum atomic E-state index is 11.0. The summed E-state index contributed by atoms with van der Waals surface area (Å²) in [5, 5.41) is 50.8. The number of aliphatic hydroxyl groups is 3. The molecule has 0 saturated carbocycles. The van der Waals surface area contributed by atoms with Gasteiger partial charge in [-0.1, -0.05) is 6.07 Å². The molecule has 5 atom stereocenters. The molecule has 1 aliphatic rings. The number of carbonyl (C=O) groups is 2. The zero-order valence-corrected chi connectivity index (χ0v) is 19.0. The summed E-state index contributed by atoms with van der Waals surface area (Å²) in [5.41, 5.74) is 0.359. The summed E-state index contributed by atoms with van der Waals surface area (Å²) in [4.78, 5) is 21.6. The number of rotatable bonds is 6. The van der Waals surface area contributed by atoms with Crippen molar-refractivity contribution in [2.75, 3.05) is 7.11 Å². The van der Waals surface area contributed by atoms with Gasteiger partial charge in [0.2, 0.25) is 6.29 Å². The van der Waals surface area contributed by atoms with E-state index in [1.807, 2.05) is 0 Å². The number of methoxy groups -OCH3 is 1. The Bertz CT molecular complexity index is 655. The monoisotopic (exact) mass is 402 g/mol. The maximum Gasteiger partial charge on any atom is 1.00 e. The number of hydrogen-bond donors (Lipinski definition) is 3. The molecule has 2 rings (SSSR count). The van der Waals surface area contributed by atoms with E-state index in [4.69, 9.17) is 14.2 Å². The average Bonchev–Trinajstić information content (AvgIpc) is 2.55. The minimum atomic E-state index is -1.91. The van der Waals surface area contributed by atoms with Gasteiger partial charge in [0.1, 0.15) is 24.4 Å². The van der Waals surface area contributed by atoms with Crippen LogP contribution in [0.2, 0.25) is 0 Å². The first-order chi connectivity index (χ1) is 11.7. The maximum absolute atomic E-state index is 11.0. The molecule has 1 aromatic carbocycles. The average molecular weight is 402 g/mol. The smallest absolute Gasteiger partial charge is 0.550 e. The summed E-state index contributed by atoms with van der Waals surface area (Å²) in [7, 11) is 1.28. The van der Waals surface area contributed by atoms with E-state index in [0.717, 1.165) is 0 Å². The summed E-state index contributed by atoms with van der Waals surface area (Å²) in [6, 6.07) is 4.06. The number of ether oxygens (including phenoxy) is 3. The molecule has 1 heterocycles. The summed E-state index contributed by atoms with van der Waals surface area (Å²) in [6.07, 6.45) is -9.40. The number of aliphatic carboxylic acids is 2. The molecule has 0 aromatic heterocycles. The SMILES string of the molecule is COc1cc(CC(=O)[O-])ccc1O[C@@H]1O[C@H](C(=O)[O-])[C@@H](O)[C@H](O)[C@H]1O.[Na+].[Na+]. The molecule has 1 aromatic rings. The van der Waals surface area contributed by atoms with Crippen LogP contribution in [0.1, 0.15) is 5.56 Å². The van der Waals surface area contributed by atoms with Crippen LogP contribution in [-0.4, -0.2) is 65.1 Å². The third kappa shape index (κ3) is 6.57. The standard InChI is InChI=1S/C15H18O10.2Na/c1-23-8-4-6(5-9(16)17)2-3-7(8)24-15-12(20)10(18)11(19)13(25-15)14(21)22;;/h2-4,10-13,15,18-20H,5H2,1H3,(H,16,17)(H,21,22);;/q;2*+1/p-2/t10-,11-,12+,13-,15+;;/m0../s1. The summed E-state index contributed by atoms with van der Waals surface area (Å²) < 4.78 is 15.3. The van der Waals surface area contributed by atoms with Crippen molar-refractivity contribution in [1.82, 2.24) is 0 Å². The van der Waals surface area contributed by atoms with Crippen molar-refractivity contribution in [1.29, 1.82) is 0 Å². The molecule has 0 unspecified atom stereocenters. The molecule has 12 heteroatoms. The second kappa shape index (κ2) is 11.6. The van der Waals surface area contributed by atoms with Gasteiger partial charge >= 0.3 is 59.1 Å². The van der Waals surface area contributed by atoms with Gasteiger partial charge in [-0.3, -0.25) is 0 Å². The van der Waals surface area contributed by atoms with Gasteiger partial charge in [0.05, 0.1) is 13.1 Å². The van der Waals surface area contributed by atoms with Crippen LogP contribution in [0.15, 0.2) is 18.2 Å². The van der Waals surface area contributed by atoms with Crippen molar-refractivity contribution in [3.8, 4) is 11.5 Å². The van der Waals surface area contributed by atoms with E-state index in [1.165, 1.54) is 25.3 Å². The molecule has 1 fully saturated rings. The van der Waals surface area contributed by atoms with Crippen molar-refractivity contribution in [2.24, 2.45) is 0 Å². The Morgan fingerprint density at radius 2 is 1.70 bits per heavy atom. The quantitative estimate of drug-likeness (QED) is 0.389. The molecule has 0 bridgehead atoms. The minimum Gasteiger partial charge on any atom is -0.550 e. The van der Waals surface area contributed by atoms with E-state index in [0.29, 0.717) is 5.56 Å². The first-order valence-electron chi connectivity index (χ1n) is 7.18. The molecular weight excluding hydrogens is 386 g/mol. The summed E-state index contributed by atoms with van der Waals surface area (Å²) >= 11 is 0. The van der Waals surface area contributed by atoms with Gasteiger partial charge in [0.15, 0.2) is 11.5 Å². The Labute approximate surface area is 198 Å². The Balaban J connectivity index is 0.00000338. The number of carboxylic acids is 2. The van der Waals surface area contributed by atoms with Gasteiger partial charge in [-0.05, 0) is 17.7 Å². The molecule has 3 N–H and O–H groups in total. The molecule has 0 aliphatic carbocycles. The minimum absolute atomic E-state index is 0. The molecule has 27 heavy (non-hydrogen) atoms. The van der Waals surface area contributed by atoms with E-state index >= 15 is 0 Å². The van der Waals surface area contributed by atoms with Crippen LogP contribution in [-0.2, 0) is 20.7 Å². The van der Waals surface area contributed by atoms with Crippen molar-refractivity contribution >= 4 is 11.9 Å². The molecule has 0 radical (unpaired) electrons. The first kappa shape index (κ1) is 26.6. The van der Waals surface area contributed by atoms with Gasteiger partial charge in [0, 0.05) is 12.4 Å². The van der Waals surface area contributed by atoms with Crippen LogP contribution in [0.25, 0.3) is 0 Å². The summed E-state index contributed by atoms with van der Waals surface area (Å²) in [5.74, 6) is -3.01. The van der Waals surface area contributed by atoms with Crippen molar-refractivity contribution in [3.05, 3.63) is 23.8 Å². The van der Waals surface area contributed by atoms with Crippen LogP contribution in [0, 0.1) is 0 Å². The third-order valence-corrected chi connectivity index (χ3v) is 3.62. The zero-order chi connectivity index (χ0) is 18.7. The van der Waals surface area contributed by atoms with E-state index in [9.17, 15) is 35.1 Å². The third-order valence-electron chi connectivity index (χ3n) is 3.62. The predicted molar refractivity (Wildman–Crippen MR) is 74.0 cm³/mol. The predicted octanol–water partition coefficient (Wildman–Crippen LogP) is -10.1. The van der Waals surface area contributed by atoms with Crippen LogP contribution < -0.4 is 78.8 Å². The van der Waals surface area contributed by atoms with Crippen molar-refractivity contribution in [3.63, 3.8) is 0 Å². The molecule has 1 saturated heterocycles. The van der Waals surface area contributed by atoms with E-state index in [2.05, 4.69) is 0 Å². The van der Waals surface area contributed by atoms with E-state index in [1.54, 1.807) is 0 Å². The Hall–Kier alpha value is -0.400. The van der Waals surface area contributed by atoms with Crippen molar-refractivity contribution in [2.45, 2.75) is 37.1 Å². The van der Waals surface area contributed by atoms with Gasteiger partial charge in [-0.15, -0.1) is 0 Å². The Morgan fingerprint density at radius 1 is 1.07 bits per heavy atom. The van der Waals surface area contributed by atoms with Crippen LogP contribution >= 0.6 is 0 Å². The number of hydrogen-bond acceptors (Lipinski definition) is 10. The zero-order valence-electron chi connectivity index (χ0n) is 15.0. The number of benzene rings is 1. The van der Waals surface area contributed by atoms with Crippen LogP contribution in [0.4, 0.5) is 0 Å². The van der Waals surface area contributed by atoms with Gasteiger partial charge in [-0.2, -0.15) is 0 Å². The van der Waals surface area contributed by atoms with Crippen LogP contribution in [0.3, 0.4) is 0 Å². The number of carboxylic acid groups (broad SMARTS) is 2. The molecule has 0 amide bonds. The molecule has 0 spiro atoms.